The summed E-state index contributed by atoms with van der Waals surface area (Å²) < 4.78 is 0. The van der Waals surface area contributed by atoms with Crippen molar-refractivity contribution in [2.45, 2.75) is 6.42 Å². The van der Waals surface area contributed by atoms with E-state index in [2.05, 4.69) is 10.3 Å². The third kappa shape index (κ3) is 3.30. The molecule has 2 aromatic carbocycles. The van der Waals surface area contributed by atoms with E-state index < -0.39 is 0 Å². The topological polar surface area (TPSA) is 55.4 Å². The fourth-order valence-corrected chi connectivity index (χ4v) is 1.94. The highest BCUT2D eigenvalue weighted by Gasteiger charge is 2.14. The van der Waals surface area contributed by atoms with Crippen LogP contribution in [0.5, 0.6) is 0 Å². The number of carbonyl (C=O) groups excluding carboxylic acids is 2. The number of hydrogen-bond donors (Lipinski definition) is 1. The van der Waals surface area contributed by atoms with Crippen molar-refractivity contribution in [2.75, 3.05) is 7.11 Å². The van der Waals surface area contributed by atoms with E-state index >= 15 is 0 Å². The molecule has 102 valence electrons. The van der Waals surface area contributed by atoms with E-state index in [0.29, 0.717) is 16.7 Å². The number of ketones is 1. The van der Waals surface area contributed by atoms with Gasteiger partial charge >= 0.3 is 0 Å². The highest BCUT2D eigenvalue weighted by atomic mass is 16.6. The Morgan fingerprint density at radius 3 is 2.35 bits per heavy atom. The number of hydroxylamine groups is 1. The lowest BCUT2D eigenvalue weighted by molar-refractivity contribution is 0.0537. The first-order valence-electron chi connectivity index (χ1n) is 6.22. The second-order valence-electron chi connectivity index (χ2n) is 4.26. The molecule has 1 amide bonds. The van der Waals surface area contributed by atoms with Crippen LogP contribution in [0.4, 0.5) is 0 Å². The number of carbonyl (C=O) groups is 2. The third-order valence-electron chi connectivity index (χ3n) is 2.90. The molecule has 1 N–H and O–H groups in total. The Morgan fingerprint density at radius 1 is 1.00 bits per heavy atom. The summed E-state index contributed by atoms with van der Waals surface area (Å²) in [6.07, 6.45) is 0.178. The van der Waals surface area contributed by atoms with Crippen LogP contribution in [0.25, 0.3) is 0 Å². The standard InChI is InChI=1S/C16H15NO3/c1-20-17-16(19)14-10-6-5-9-13(14)11-15(18)12-7-3-2-4-8-12/h2-10H,11H2,1H3,(H,17,19). The van der Waals surface area contributed by atoms with E-state index in [1.165, 1.54) is 7.11 Å². The molecule has 20 heavy (non-hydrogen) atoms. The largest absolute Gasteiger partial charge is 0.294 e. The van der Waals surface area contributed by atoms with Crippen molar-refractivity contribution in [3.63, 3.8) is 0 Å². The summed E-state index contributed by atoms with van der Waals surface area (Å²) >= 11 is 0. The first-order chi connectivity index (χ1) is 9.72. The van der Waals surface area contributed by atoms with Crippen molar-refractivity contribution in [3.8, 4) is 0 Å². The van der Waals surface area contributed by atoms with E-state index in [0.717, 1.165) is 0 Å². The molecule has 0 radical (unpaired) electrons. The zero-order valence-corrected chi connectivity index (χ0v) is 11.1. The number of amides is 1. The van der Waals surface area contributed by atoms with Gasteiger partial charge in [-0.15, -0.1) is 0 Å². The molecule has 0 aromatic heterocycles. The van der Waals surface area contributed by atoms with Crippen LogP contribution in [0.2, 0.25) is 0 Å². The predicted octanol–water partition coefficient (Wildman–Crippen LogP) is 2.40. The molecule has 0 saturated heterocycles. The van der Waals surface area contributed by atoms with Crippen molar-refractivity contribution >= 4 is 11.7 Å². The molecule has 0 aliphatic rings. The molecule has 0 bridgehead atoms. The highest BCUT2D eigenvalue weighted by molar-refractivity contribution is 6.01. The van der Waals surface area contributed by atoms with Gasteiger partial charge < -0.3 is 0 Å². The Hall–Kier alpha value is -2.46. The second-order valence-corrected chi connectivity index (χ2v) is 4.26. The number of benzene rings is 2. The molecule has 0 unspecified atom stereocenters. The zero-order chi connectivity index (χ0) is 14.4. The lowest BCUT2D eigenvalue weighted by Gasteiger charge is -2.08. The van der Waals surface area contributed by atoms with Gasteiger partial charge in [0.25, 0.3) is 5.91 Å². The average molecular weight is 269 g/mol. The molecule has 0 fully saturated rings. The lowest BCUT2D eigenvalue weighted by Crippen LogP contribution is -2.23. The van der Waals surface area contributed by atoms with Gasteiger partial charge in [0.05, 0.1) is 7.11 Å². The zero-order valence-electron chi connectivity index (χ0n) is 11.1. The van der Waals surface area contributed by atoms with E-state index in [1.54, 1.807) is 36.4 Å². The van der Waals surface area contributed by atoms with Gasteiger partial charge in [0.15, 0.2) is 5.78 Å². The van der Waals surface area contributed by atoms with Crippen LogP contribution < -0.4 is 5.48 Å². The summed E-state index contributed by atoms with van der Waals surface area (Å²) in [4.78, 5) is 28.6. The Bertz CT molecular complexity index is 608. The molecular formula is C16H15NO3. The Morgan fingerprint density at radius 2 is 1.65 bits per heavy atom. The van der Waals surface area contributed by atoms with Crippen molar-refractivity contribution in [1.82, 2.24) is 5.48 Å². The SMILES string of the molecule is CONC(=O)c1ccccc1CC(=O)c1ccccc1. The van der Waals surface area contributed by atoms with Crippen molar-refractivity contribution < 1.29 is 14.4 Å². The number of hydrogen-bond acceptors (Lipinski definition) is 3. The van der Waals surface area contributed by atoms with Gasteiger partial charge in [-0.25, -0.2) is 5.48 Å². The van der Waals surface area contributed by atoms with Crippen LogP contribution in [0, 0.1) is 0 Å². The first-order valence-corrected chi connectivity index (χ1v) is 6.22. The Kier molecular flexibility index (Phi) is 4.63. The van der Waals surface area contributed by atoms with E-state index in [-0.39, 0.29) is 18.1 Å². The predicted molar refractivity (Wildman–Crippen MR) is 75.4 cm³/mol. The maximum atomic E-state index is 12.2. The maximum absolute atomic E-state index is 12.2. The number of rotatable bonds is 5. The van der Waals surface area contributed by atoms with Crippen LogP contribution in [0.3, 0.4) is 0 Å². The quantitative estimate of drug-likeness (QED) is 0.670. The summed E-state index contributed by atoms with van der Waals surface area (Å²) in [6, 6.07) is 16.0. The van der Waals surface area contributed by atoms with Crippen LogP contribution in [-0.4, -0.2) is 18.8 Å². The van der Waals surface area contributed by atoms with Crippen molar-refractivity contribution in [3.05, 3.63) is 71.3 Å². The van der Waals surface area contributed by atoms with Crippen LogP contribution in [-0.2, 0) is 11.3 Å². The molecule has 0 heterocycles. The monoisotopic (exact) mass is 269 g/mol. The summed E-state index contributed by atoms with van der Waals surface area (Å²) in [6.45, 7) is 0. The summed E-state index contributed by atoms with van der Waals surface area (Å²) in [7, 11) is 1.37. The fraction of sp³-hybridized carbons (Fsp3) is 0.125. The van der Waals surface area contributed by atoms with Gasteiger partial charge in [0.1, 0.15) is 0 Å². The summed E-state index contributed by atoms with van der Waals surface area (Å²) in [5, 5.41) is 0. The minimum atomic E-state index is -0.357. The molecule has 0 aliphatic carbocycles. The third-order valence-corrected chi connectivity index (χ3v) is 2.90. The molecule has 4 nitrogen and oxygen atoms in total. The van der Waals surface area contributed by atoms with Gasteiger partial charge in [0, 0.05) is 17.5 Å². The summed E-state index contributed by atoms with van der Waals surface area (Å²) in [5.41, 5.74) is 4.02. The van der Waals surface area contributed by atoms with E-state index in [1.807, 2.05) is 18.2 Å². The van der Waals surface area contributed by atoms with Gasteiger partial charge in [-0.3, -0.25) is 14.4 Å². The second kappa shape index (κ2) is 6.63. The Labute approximate surface area is 117 Å². The number of Topliss-reactive ketones (excluding diaryl/α,β-unsaturated/α-hetero) is 1. The molecule has 2 rings (SSSR count). The van der Waals surface area contributed by atoms with Gasteiger partial charge in [0.2, 0.25) is 0 Å². The molecule has 0 saturated carbocycles. The maximum Gasteiger partial charge on any atom is 0.275 e. The molecule has 4 heteroatoms. The Balaban J connectivity index is 2.21. The van der Waals surface area contributed by atoms with Gasteiger partial charge in [-0.1, -0.05) is 48.5 Å². The van der Waals surface area contributed by atoms with Crippen molar-refractivity contribution in [1.29, 1.82) is 0 Å². The molecule has 0 aliphatic heterocycles. The highest BCUT2D eigenvalue weighted by Crippen LogP contribution is 2.13. The normalized spacial score (nSPS) is 10.1. The molecule has 2 aromatic rings. The first kappa shape index (κ1) is 14.0. The van der Waals surface area contributed by atoms with Crippen molar-refractivity contribution in [2.24, 2.45) is 0 Å². The average Bonchev–Trinajstić information content (AvgIpc) is 2.49. The van der Waals surface area contributed by atoms with Gasteiger partial charge in [-0.05, 0) is 11.6 Å². The minimum absolute atomic E-state index is 0.0248. The van der Waals surface area contributed by atoms with E-state index in [4.69, 9.17) is 0 Å². The van der Waals surface area contributed by atoms with Gasteiger partial charge in [-0.2, -0.15) is 0 Å². The molecular weight excluding hydrogens is 254 g/mol. The number of nitrogens with one attached hydrogen (secondary N) is 1. The molecule has 0 spiro atoms. The smallest absolute Gasteiger partial charge is 0.275 e. The van der Waals surface area contributed by atoms with Crippen LogP contribution >= 0.6 is 0 Å². The fourth-order valence-electron chi connectivity index (χ4n) is 1.94. The summed E-state index contributed by atoms with van der Waals surface area (Å²) in [5.74, 6) is -0.382. The molecule has 0 atom stereocenters. The van der Waals surface area contributed by atoms with Crippen LogP contribution in [0.15, 0.2) is 54.6 Å². The van der Waals surface area contributed by atoms with E-state index in [9.17, 15) is 9.59 Å². The lowest BCUT2D eigenvalue weighted by atomic mass is 9.98. The minimum Gasteiger partial charge on any atom is -0.294 e. The van der Waals surface area contributed by atoms with Crippen LogP contribution in [0.1, 0.15) is 26.3 Å².